The minimum atomic E-state index is -0.779. The van der Waals surface area contributed by atoms with Gasteiger partial charge >= 0.3 is 0 Å². The zero-order valence-corrected chi connectivity index (χ0v) is 9.30. The van der Waals surface area contributed by atoms with Crippen LogP contribution in [0.1, 0.15) is 5.56 Å². The first-order valence-electron chi connectivity index (χ1n) is 5.49. The first kappa shape index (κ1) is 11.3. The highest BCUT2D eigenvalue weighted by Crippen LogP contribution is 2.14. The highest BCUT2D eigenvalue weighted by Gasteiger charge is 2.38. The summed E-state index contributed by atoms with van der Waals surface area (Å²) < 4.78 is 0. The number of amides is 1. The lowest BCUT2D eigenvalue weighted by Crippen LogP contribution is -2.29. The summed E-state index contributed by atoms with van der Waals surface area (Å²) in [5, 5.41) is 8.71. The van der Waals surface area contributed by atoms with Gasteiger partial charge in [0.1, 0.15) is 5.92 Å². The van der Waals surface area contributed by atoms with Crippen LogP contribution in [-0.4, -0.2) is 29.7 Å². The van der Waals surface area contributed by atoms with Gasteiger partial charge in [-0.2, -0.15) is 5.26 Å². The number of nitrogens with zero attached hydrogens (tertiary/aromatic N) is 2. The summed E-state index contributed by atoms with van der Waals surface area (Å²) in [4.78, 5) is 24.3. The Hall–Kier alpha value is -2.15. The number of benzene rings is 1. The van der Waals surface area contributed by atoms with Gasteiger partial charge in [0.05, 0.1) is 6.07 Å². The van der Waals surface area contributed by atoms with Crippen LogP contribution < -0.4 is 0 Å². The van der Waals surface area contributed by atoms with Gasteiger partial charge in [0.25, 0.3) is 5.91 Å². The Labute approximate surface area is 99.5 Å². The van der Waals surface area contributed by atoms with E-state index in [4.69, 9.17) is 5.26 Å². The molecule has 1 aliphatic rings. The summed E-state index contributed by atoms with van der Waals surface area (Å²) in [7, 11) is 0. The van der Waals surface area contributed by atoms with Gasteiger partial charge in [-0.1, -0.05) is 30.3 Å². The average Bonchev–Trinajstić information content (AvgIpc) is 2.65. The summed E-state index contributed by atoms with van der Waals surface area (Å²) in [6.07, 6.45) is 0.706. The van der Waals surface area contributed by atoms with Crippen LogP contribution in [0.15, 0.2) is 30.3 Å². The largest absolute Gasteiger partial charge is 0.334 e. The lowest BCUT2D eigenvalue weighted by Gasteiger charge is -2.14. The quantitative estimate of drug-likeness (QED) is 0.718. The molecule has 0 N–H and O–H groups in total. The second kappa shape index (κ2) is 4.79. The molecule has 1 aliphatic heterocycles. The van der Waals surface area contributed by atoms with Crippen molar-refractivity contribution in [1.82, 2.24) is 4.90 Å². The Morgan fingerprint density at radius 3 is 2.59 bits per heavy atom. The van der Waals surface area contributed by atoms with E-state index in [2.05, 4.69) is 0 Å². The topological polar surface area (TPSA) is 61.2 Å². The Morgan fingerprint density at radius 2 is 2.00 bits per heavy atom. The molecule has 0 bridgehead atoms. The van der Waals surface area contributed by atoms with Crippen molar-refractivity contribution in [3.63, 3.8) is 0 Å². The van der Waals surface area contributed by atoms with Gasteiger partial charge in [-0.25, -0.2) is 0 Å². The standard InChI is InChI=1S/C13H12N2O2/c14-8-11-9-15(13(17)12(11)16)7-6-10-4-2-1-3-5-10/h1-5,11H,6-7,9H2/t11-/m0/s1. The van der Waals surface area contributed by atoms with Gasteiger partial charge in [0.15, 0.2) is 0 Å². The van der Waals surface area contributed by atoms with Gasteiger partial charge in [-0.05, 0) is 12.0 Å². The predicted octanol–water partition coefficient (Wildman–Crippen LogP) is 0.780. The molecule has 0 saturated carbocycles. The first-order chi connectivity index (χ1) is 8.22. The number of likely N-dealkylation sites (tertiary alicyclic amines) is 1. The smallest absolute Gasteiger partial charge is 0.291 e. The minimum absolute atomic E-state index is 0.237. The molecule has 1 heterocycles. The van der Waals surface area contributed by atoms with E-state index in [1.54, 1.807) is 0 Å². The molecule has 4 nitrogen and oxygen atoms in total. The molecule has 0 radical (unpaired) electrons. The number of nitriles is 1. The summed E-state index contributed by atoms with van der Waals surface area (Å²) in [6, 6.07) is 11.6. The molecule has 0 aliphatic carbocycles. The fraction of sp³-hybridized carbons (Fsp3) is 0.308. The third-order valence-electron chi connectivity index (χ3n) is 2.89. The third-order valence-corrected chi connectivity index (χ3v) is 2.89. The van der Waals surface area contributed by atoms with Crippen molar-refractivity contribution in [3.8, 4) is 6.07 Å². The third kappa shape index (κ3) is 2.34. The van der Waals surface area contributed by atoms with E-state index in [9.17, 15) is 9.59 Å². The van der Waals surface area contributed by atoms with E-state index in [0.717, 1.165) is 5.56 Å². The van der Waals surface area contributed by atoms with Crippen molar-refractivity contribution >= 4 is 11.7 Å². The molecular weight excluding hydrogens is 216 g/mol. The molecule has 0 spiro atoms. The van der Waals surface area contributed by atoms with Crippen molar-refractivity contribution in [2.75, 3.05) is 13.1 Å². The van der Waals surface area contributed by atoms with E-state index < -0.39 is 17.6 Å². The molecule has 4 heteroatoms. The van der Waals surface area contributed by atoms with Crippen LogP contribution in [0, 0.1) is 17.2 Å². The molecule has 0 unspecified atom stereocenters. The van der Waals surface area contributed by atoms with E-state index in [0.29, 0.717) is 13.0 Å². The maximum Gasteiger partial charge on any atom is 0.291 e. The molecule has 1 aromatic rings. The number of carbonyl (C=O) groups excluding carboxylic acids is 2. The van der Waals surface area contributed by atoms with Crippen molar-refractivity contribution in [3.05, 3.63) is 35.9 Å². The molecule has 1 fully saturated rings. The maximum atomic E-state index is 11.5. The van der Waals surface area contributed by atoms with Crippen LogP contribution in [0.4, 0.5) is 0 Å². The number of Topliss-reactive ketones (excluding diaryl/α,β-unsaturated/α-hetero) is 1. The van der Waals surface area contributed by atoms with Gasteiger partial charge < -0.3 is 4.90 Å². The van der Waals surface area contributed by atoms with Crippen LogP contribution in [0.2, 0.25) is 0 Å². The molecule has 0 aromatic heterocycles. The van der Waals surface area contributed by atoms with Gasteiger partial charge in [0.2, 0.25) is 5.78 Å². The Bertz CT molecular complexity index is 476. The fourth-order valence-electron chi connectivity index (χ4n) is 1.89. The van der Waals surface area contributed by atoms with E-state index in [-0.39, 0.29) is 6.54 Å². The molecule has 2 rings (SSSR count). The van der Waals surface area contributed by atoms with Gasteiger partial charge in [-0.3, -0.25) is 9.59 Å². The summed E-state index contributed by atoms with van der Waals surface area (Å²) >= 11 is 0. The van der Waals surface area contributed by atoms with E-state index in [1.807, 2.05) is 36.4 Å². The van der Waals surface area contributed by atoms with Crippen molar-refractivity contribution < 1.29 is 9.59 Å². The van der Waals surface area contributed by atoms with Crippen LogP contribution in [0.3, 0.4) is 0 Å². The minimum Gasteiger partial charge on any atom is -0.334 e. The molecule has 86 valence electrons. The molecule has 1 aromatic carbocycles. The number of carbonyl (C=O) groups is 2. The van der Waals surface area contributed by atoms with Crippen LogP contribution >= 0.6 is 0 Å². The number of rotatable bonds is 3. The zero-order chi connectivity index (χ0) is 12.3. The normalized spacial score (nSPS) is 19.5. The summed E-state index contributed by atoms with van der Waals surface area (Å²) in [5.41, 5.74) is 1.12. The summed E-state index contributed by atoms with van der Waals surface area (Å²) in [6.45, 7) is 0.730. The summed E-state index contributed by atoms with van der Waals surface area (Å²) in [5.74, 6) is -1.87. The highest BCUT2D eigenvalue weighted by atomic mass is 16.2. The fourth-order valence-corrected chi connectivity index (χ4v) is 1.89. The Balaban J connectivity index is 1.96. The number of hydrogen-bond acceptors (Lipinski definition) is 3. The van der Waals surface area contributed by atoms with Crippen LogP contribution in [0.25, 0.3) is 0 Å². The molecular formula is C13H12N2O2. The van der Waals surface area contributed by atoms with Crippen LogP contribution in [0.5, 0.6) is 0 Å². The monoisotopic (exact) mass is 228 g/mol. The van der Waals surface area contributed by atoms with E-state index in [1.165, 1.54) is 4.90 Å². The lowest BCUT2D eigenvalue weighted by molar-refractivity contribution is -0.140. The van der Waals surface area contributed by atoms with Gasteiger partial charge in [-0.15, -0.1) is 0 Å². The van der Waals surface area contributed by atoms with Crippen LogP contribution in [-0.2, 0) is 16.0 Å². The van der Waals surface area contributed by atoms with Crippen molar-refractivity contribution in [1.29, 1.82) is 5.26 Å². The van der Waals surface area contributed by atoms with Crippen molar-refractivity contribution in [2.45, 2.75) is 6.42 Å². The second-order valence-electron chi connectivity index (χ2n) is 4.03. The maximum absolute atomic E-state index is 11.5. The lowest BCUT2D eigenvalue weighted by atomic mass is 10.1. The predicted molar refractivity (Wildman–Crippen MR) is 60.8 cm³/mol. The molecule has 17 heavy (non-hydrogen) atoms. The number of ketones is 1. The number of hydrogen-bond donors (Lipinski definition) is 0. The molecule has 1 saturated heterocycles. The molecule has 1 amide bonds. The molecule has 1 atom stereocenters. The van der Waals surface area contributed by atoms with Gasteiger partial charge in [0, 0.05) is 13.1 Å². The SMILES string of the molecule is N#C[C@H]1CN(CCc2ccccc2)C(=O)C1=O. The Morgan fingerprint density at radius 1 is 1.29 bits per heavy atom. The average molecular weight is 228 g/mol. The Kier molecular flexibility index (Phi) is 3.20. The van der Waals surface area contributed by atoms with Crippen molar-refractivity contribution in [2.24, 2.45) is 5.92 Å². The zero-order valence-electron chi connectivity index (χ0n) is 9.30. The second-order valence-corrected chi connectivity index (χ2v) is 4.03. The van der Waals surface area contributed by atoms with E-state index >= 15 is 0 Å². The highest BCUT2D eigenvalue weighted by molar-refractivity contribution is 6.39. The first-order valence-corrected chi connectivity index (χ1v) is 5.49.